The van der Waals surface area contributed by atoms with Crippen molar-refractivity contribution in [1.82, 2.24) is 30.2 Å². The summed E-state index contributed by atoms with van der Waals surface area (Å²) in [6.07, 6.45) is 12.4. The smallest absolute Gasteiger partial charge is 0.407 e. The molecule has 0 radical (unpaired) electrons. The summed E-state index contributed by atoms with van der Waals surface area (Å²) in [7, 11) is 0. The predicted molar refractivity (Wildman–Crippen MR) is 141 cm³/mol. The maximum atomic E-state index is 12.2. The van der Waals surface area contributed by atoms with Crippen LogP contribution in [0.2, 0.25) is 0 Å². The third-order valence-electron chi connectivity index (χ3n) is 7.60. The summed E-state index contributed by atoms with van der Waals surface area (Å²) in [6.45, 7) is 7.70. The second-order valence-electron chi connectivity index (χ2n) is 11.7. The molecule has 3 heterocycles. The first kappa shape index (κ1) is 25.0. The molecule has 0 atom stereocenters. The SMILES string of the molecule is CC(C)(C)OC(=O)N[C@H]1CC[C@H](Nc2nc(NC3CCNCC3)c3ncn(C4CCCC4)c3n2)CC1. The van der Waals surface area contributed by atoms with Gasteiger partial charge in [0.15, 0.2) is 17.0 Å². The van der Waals surface area contributed by atoms with Gasteiger partial charge in [-0.2, -0.15) is 9.97 Å². The Morgan fingerprint density at radius 2 is 1.61 bits per heavy atom. The van der Waals surface area contributed by atoms with E-state index < -0.39 is 5.60 Å². The van der Waals surface area contributed by atoms with Crippen LogP contribution in [0.3, 0.4) is 0 Å². The summed E-state index contributed by atoms with van der Waals surface area (Å²) in [5.41, 5.74) is 1.32. The number of rotatable bonds is 6. The normalized spacial score (nSPS) is 24.1. The summed E-state index contributed by atoms with van der Waals surface area (Å²) in [6, 6.07) is 1.28. The molecule has 0 spiro atoms. The molecule has 5 rings (SSSR count). The van der Waals surface area contributed by atoms with E-state index in [0.717, 1.165) is 68.6 Å². The molecule has 4 N–H and O–H groups in total. The van der Waals surface area contributed by atoms with Crippen molar-refractivity contribution in [2.24, 2.45) is 0 Å². The first-order valence-corrected chi connectivity index (χ1v) is 13.8. The lowest BCUT2D eigenvalue weighted by Gasteiger charge is -2.30. The lowest BCUT2D eigenvalue weighted by atomic mass is 9.91. The zero-order valence-corrected chi connectivity index (χ0v) is 22.0. The largest absolute Gasteiger partial charge is 0.444 e. The number of hydrogen-bond donors (Lipinski definition) is 4. The minimum Gasteiger partial charge on any atom is -0.444 e. The molecule has 198 valence electrons. The molecule has 1 saturated heterocycles. The third-order valence-corrected chi connectivity index (χ3v) is 7.60. The zero-order chi connectivity index (χ0) is 25.1. The zero-order valence-electron chi connectivity index (χ0n) is 22.0. The standard InChI is InChI=1S/C26H42N8O2/c1-26(2,3)36-25(35)31-18-10-8-17(9-11-18)30-24-32-22(29-19-12-14-27-15-13-19)21-23(33-24)34(16-28-21)20-6-4-5-7-20/h16-20,27H,4-15H2,1-3H3,(H,31,35)(H2,29,30,32,33)/t17-,18-. The van der Waals surface area contributed by atoms with Crippen LogP contribution in [0.15, 0.2) is 6.33 Å². The number of imidazole rings is 1. The molecule has 2 aromatic heterocycles. The molecule has 36 heavy (non-hydrogen) atoms. The van der Waals surface area contributed by atoms with Gasteiger partial charge in [-0.05, 0) is 85.2 Å². The van der Waals surface area contributed by atoms with Crippen LogP contribution in [0, 0.1) is 0 Å². The van der Waals surface area contributed by atoms with Gasteiger partial charge in [0.1, 0.15) is 5.60 Å². The maximum absolute atomic E-state index is 12.2. The monoisotopic (exact) mass is 498 g/mol. The fourth-order valence-electron chi connectivity index (χ4n) is 5.73. The highest BCUT2D eigenvalue weighted by Gasteiger charge is 2.27. The number of nitrogens with zero attached hydrogens (tertiary/aromatic N) is 4. The number of amides is 1. The number of carbonyl (C=O) groups excluding carboxylic acids is 1. The quantitative estimate of drug-likeness (QED) is 0.464. The number of carbonyl (C=O) groups is 1. The van der Waals surface area contributed by atoms with Gasteiger partial charge in [0.2, 0.25) is 5.95 Å². The molecule has 10 nitrogen and oxygen atoms in total. The van der Waals surface area contributed by atoms with Crippen LogP contribution in [0.4, 0.5) is 16.6 Å². The van der Waals surface area contributed by atoms with Crippen LogP contribution in [0.25, 0.3) is 11.2 Å². The first-order valence-electron chi connectivity index (χ1n) is 13.8. The number of piperidine rings is 1. The van der Waals surface area contributed by atoms with Crippen molar-refractivity contribution in [3.63, 3.8) is 0 Å². The number of hydrogen-bond acceptors (Lipinski definition) is 8. The first-order chi connectivity index (χ1) is 17.3. The van der Waals surface area contributed by atoms with E-state index in [1.165, 1.54) is 25.7 Å². The second-order valence-corrected chi connectivity index (χ2v) is 11.7. The van der Waals surface area contributed by atoms with Crippen LogP contribution in [-0.2, 0) is 4.74 Å². The van der Waals surface area contributed by atoms with Gasteiger partial charge in [0.05, 0.1) is 6.33 Å². The molecule has 0 bridgehead atoms. The van der Waals surface area contributed by atoms with E-state index in [1.54, 1.807) is 0 Å². The van der Waals surface area contributed by atoms with Crippen LogP contribution >= 0.6 is 0 Å². The molecule has 2 aliphatic carbocycles. The average Bonchev–Trinajstić information content (AvgIpc) is 3.50. The molecule has 2 saturated carbocycles. The molecular formula is C26H42N8O2. The maximum Gasteiger partial charge on any atom is 0.407 e. The Kier molecular flexibility index (Phi) is 7.50. The van der Waals surface area contributed by atoms with E-state index in [2.05, 4.69) is 25.8 Å². The molecule has 3 fully saturated rings. The lowest BCUT2D eigenvalue weighted by Crippen LogP contribution is -2.42. The van der Waals surface area contributed by atoms with E-state index in [4.69, 9.17) is 19.7 Å². The van der Waals surface area contributed by atoms with E-state index in [9.17, 15) is 4.79 Å². The minimum atomic E-state index is -0.482. The molecular weight excluding hydrogens is 456 g/mol. The fraction of sp³-hybridized carbons (Fsp3) is 0.769. The average molecular weight is 499 g/mol. The Morgan fingerprint density at radius 1 is 0.944 bits per heavy atom. The lowest BCUT2D eigenvalue weighted by molar-refractivity contribution is 0.0492. The number of nitrogens with one attached hydrogen (secondary N) is 4. The van der Waals surface area contributed by atoms with Crippen LogP contribution in [-0.4, -0.2) is 62.4 Å². The number of fused-ring (bicyclic) bond motifs is 1. The van der Waals surface area contributed by atoms with Crippen molar-refractivity contribution in [3.05, 3.63) is 6.33 Å². The summed E-state index contributed by atoms with van der Waals surface area (Å²) in [4.78, 5) is 26.8. The Balaban J connectivity index is 1.28. The minimum absolute atomic E-state index is 0.141. The topological polar surface area (TPSA) is 118 Å². The molecule has 0 unspecified atom stereocenters. The number of ether oxygens (including phenoxy) is 1. The summed E-state index contributed by atoms with van der Waals surface area (Å²) in [5, 5.41) is 13.8. The van der Waals surface area contributed by atoms with Gasteiger partial charge in [-0.3, -0.25) is 0 Å². The van der Waals surface area contributed by atoms with E-state index in [-0.39, 0.29) is 18.2 Å². The predicted octanol–water partition coefficient (Wildman–Crippen LogP) is 4.35. The molecule has 1 amide bonds. The molecule has 10 heteroatoms. The molecule has 0 aromatic carbocycles. The number of anilines is 2. The molecule has 3 aliphatic rings. The van der Waals surface area contributed by atoms with Gasteiger partial charge in [0.25, 0.3) is 0 Å². The third kappa shape index (κ3) is 6.19. The van der Waals surface area contributed by atoms with Crippen molar-refractivity contribution in [1.29, 1.82) is 0 Å². The summed E-state index contributed by atoms with van der Waals surface area (Å²) < 4.78 is 7.69. The van der Waals surface area contributed by atoms with E-state index in [0.29, 0.717) is 18.0 Å². The van der Waals surface area contributed by atoms with Gasteiger partial charge < -0.3 is 30.6 Å². The summed E-state index contributed by atoms with van der Waals surface area (Å²) >= 11 is 0. The van der Waals surface area contributed by atoms with Gasteiger partial charge in [-0.15, -0.1) is 0 Å². The van der Waals surface area contributed by atoms with Crippen molar-refractivity contribution in [2.45, 2.75) is 115 Å². The second kappa shape index (κ2) is 10.8. The van der Waals surface area contributed by atoms with E-state index >= 15 is 0 Å². The Hall–Kier alpha value is -2.62. The van der Waals surface area contributed by atoms with Crippen molar-refractivity contribution >= 4 is 29.0 Å². The van der Waals surface area contributed by atoms with Crippen molar-refractivity contribution < 1.29 is 9.53 Å². The van der Waals surface area contributed by atoms with Crippen LogP contribution < -0.4 is 21.3 Å². The highest BCUT2D eigenvalue weighted by molar-refractivity contribution is 5.84. The Bertz CT molecular complexity index is 1030. The fourth-order valence-corrected chi connectivity index (χ4v) is 5.73. The van der Waals surface area contributed by atoms with E-state index in [1.807, 2.05) is 27.1 Å². The van der Waals surface area contributed by atoms with Crippen LogP contribution in [0.1, 0.15) is 91.0 Å². The number of aromatic nitrogens is 4. The highest BCUT2D eigenvalue weighted by Crippen LogP contribution is 2.33. The summed E-state index contributed by atoms with van der Waals surface area (Å²) in [5.74, 6) is 1.51. The highest BCUT2D eigenvalue weighted by atomic mass is 16.6. The van der Waals surface area contributed by atoms with Gasteiger partial charge in [0, 0.05) is 24.2 Å². The van der Waals surface area contributed by atoms with Gasteiger partial charge in [-0.1, -0.05) is 12.8 Å². The molecule has 1 aliphatic heterocycles. The van der Waals surface area contributed by atoms with Gasteiger partial charge >= 0.3 is 6.09 Å². The Morgan fingerprint density at radius 3 is 2.31 bits per heavy atom. The number of alkyl carbamates (subject to hydrolysis) is 1. The van der Waals surface area contributed by atoms with Gasteiger partial charge in [-0.25, -0.2) is 9.78 Å². The van der Waals surface area contributed by atoms with Crippen LogP contribution in [0.5, 0.6) is 0 Å². The Labute approximate surface area is 213 Å². The van der Waals surface area contributed by atoms with Crippen molar-refractivity contribution in [3.8, 4) is 0 Å². The van der Waals surface area contributed by atoms with Crippen molar-refractivity contribution in [2.75, 3.05) is 23.7 Å². The molecule has 2 aromatic rings.